The lowest BCUT2D eigenvalue weighted by atomic mass is 9.99. The molecule has 154 valence electrons. The first-order chi connectivity index (χ1) is 14.1. The Hall–Kier alpha value is -2.19. The van der Waals surface area contributed by atoms with Gasteiger partial charge in [-0.25, -0.2) is 4.98 Å². The number of carbonyl (C=O) groups excluding carboxylic acids is 2. The number of aromatic nitrogens is 1. The predicted octanol–water partition coefficient (Wildman–Crippen LogP) is 1.89. The summed E-state index contributed by atoms with van der Waals surface area (Å²) in [5, 5.41) is 1.00. The molecule has 4 heterocycles. The Kier molecular flexibility index (Phi) is 4.91. The molecule has 1 atom stereocenters. The van der Waals surface area contributed by atoms with Gasteiger partial charge in [-0.15, -0.1) is 0 Å². The number of aryl methyl sites for hydroxylation is 1. The van der Waals surface area contributed by atoms with Crippen LogP contribution in [0, 0.1) is 12.8 Å². The number of hydrogen-bond acceptors (Lipinski definition) is 6. The first-order valence-electron chi connectivity index (χ1n) is 10.4. The summed E-state index contributed by atoms with van der Waals surface area (Å²) < 4.78 is 6.70. The van der Waals surface area contributed by atoms with Crippen molar-refractivity contribution in [1.29, 1.82) is 0 Å². The number of thiazole rings is 1. The number of nitrogens with zero attached hydrogens (tertiary/aromatic N) is 4. The highest BCUT2D eigenvalue weighted by Gasteiger charge is 2.38. The summed E-state index contributed by atoms with van der Waals surface area (Å²) in [5.41, 5.74) is 2.26. The van der Waals surface area contributed by atoms with Crippen LogP contribution < -0.4 is 4.90 Å². The van der Waals surface area contributed by atoms with E-state index < -0.39 is 0 Å². The molecule has 1 aromatic heterocycles. The van der Waals surface area contributed by atoms with Gasteiger partial charge < -0.3 is 19.4 Å². The number of ether oxygens (including phenoxy) is 1. The van der Waals surface area contributed by atoms with Crippen molar-refractivity contribution in [3.63, 3.8) is 0 Å². The third-order valence-electron chi connectivity index (χ3n) is 6.14. The molecule has 3 aliphatic rings. The quantitative estimate of drug-likeness (QED) is 0.767. The molecule has 3 fully saturated rings. The van der Waals surface area contributed by atoms with E-state index in [1.807, 2.05) is 9.80 Å². The zero-order chi connectivity index (χ0) is 20.0. The molecule has 0 bridgehead atoms. The van der Waals surface area contributed by atoms with E-state index in [0.29, 0.717) is 32.8 Å². The highest BCUT2D eigenvalue weighted by molar-refractivity contribution is 7.22. The number of amides is 2. The van der Waals surface area contributed by atoms with Gasteiger partial charge in [0.2, 0.25) is 5.91 Å². The Balaban J connectivity index is 1.13. The lowest BCUT2D eigenvalue weighted by Crippen LogP contribution is -2.59. The van der Waals surface area contributed by atoms with Crippen LogP contribution in [-0.2, 0) is 14.3 Å². The minimum atomic E-state index is -0.268. The summed E-state index contributed by atoms with van der Waals surface area (Å²) in [6.45, 7) is 6.69. The van der Waals surface area contributed by atoms with Gasteiger partial charge in [0.25, 0.3) is 5.91 Å². The van der Waals surface area contributed by atoms with Crippen LogP contribution in [-0.4, -0.2) is 78.6 Å². The zero-order valence-corrected chi connectivity index (χ0v) is 17.5. The smallest absolute Gasteiger partial charge is 0.251 e. The molecule has 1 unspecified atom stereocenters. The molecule has 0 spiro atoms. The lowest BCUT2D eigenvalue weighted by molar-refractivity contribution is -0.147. The number of piperazine rings is 1. The zero-order valence-electron chi connectivity index (χ0n) is 16.7. The molecule has 5 rings (SSSR count). The van der Waals surface area contributed by atoms with Crippen molar-refractivity contribution in [2.24, 2.45) is 5.92 Å². The standard InChI is InChI=1S/C21H26N4O3S/c1-14-4-5-16-18(11-14)29-21(22-16)25-12-15(13-25)19(26)23-6-8-24(9-7-23)20(27)17-3-2-10-28-17/h4-5,11,15,17H,2-3,6-10,12-13H2,1H3. The fraction of sp³-hybridized carbons (Fsp3) is 0.571. The lowest BCUT2D eigenvalue weighted by Gasteiger charge is -2.42. The number of fused-ring (bicyclic) bond motifs is 1. The summed E-state index contributed by atoms with van der Waals surface area (Å²) >= 11 is 1.69. The fourth-order valence-electron chi connectivity index (χ4n) is 4.33. The van der Waals surface area contributed by atoms with Gasteiger partial charge in [-0.2, -0.15) is 0 Å². The van der Waals surface area contributed by atoms with Crippen LogP contribution in [0.25, 0.3) is 10.2 Å². The summed E-state index contributed by atoms with van der Waals surface area (Å²) in [7, 11) is 0. The molecule has 3 saturated heterocycles. The highest BCUT2D eigenvalue weighted by Crippen LogP contribution is 2.34. The number of hydrogen-bond donors (Lipinski definition) is 0. The first kappa shape index (κ1) is 18.8. The Labute approximate surface area is 174 Å². The Bertz CT molecular complexity index is 925. The average Bonchev–Trinajstić information content (AvgIpc) is 3.36. The van der Waals surface area contributed by atoms with Crippen molar-refractivity contribution in [1.82, 2.24) is 14.8 Å². The summed E-state index contributed by atoms with van der Waals surface area (Å²) in [6.07, 6.45) is 1.51. The van der Waals surface area contributed by atoms with E-state index in [1.165, 1.54) is 10.3 Å². The monoisotopic (exact) mass is 414 g/mol. The maximum absolute atomic E-state index is 12.9. The number of carbonyl (C=O) groups is 2. The molecule has 7 nitrogen and oxygen atoms in total. The second kappa shape index (κ2) is 7.57. The van der Waals surface area contributed by atoms with Crippen LogP contribution in [0.4, 0.5) is 5.13 Å². The Morgan fingerprint density at radius 1 is 1.10 bits per heavy atom. The van der Waals surface area contributed by atoms with Crippen LogP contribution in [0.15, 0.2) is 18.2 Å². The van der Waals surface area contributed by atoms with Gasteiger partial charge in [0.1, 0.15) is 6.10 Å². The maximum Gasteiger partial charge on any atom is 0.251 e. The third kappa shape index (κ3) is 3.59. The van der Waals surface area contributed by atoms with Crippen LogP contribution in [0.2, 0.25) is 0 Å². The SMILES string of the molecule is Cc1ccc2nc(N3CC(C(=O)N4CCN(C(=O)C5CCCO5)CC4)C3)sc2c1. The van der Waals surface area contributed by atoms with Gasteiger partial charge in [0.05, 0.1) is 16.1 Å². The molecule has 0 N–H and O–H groups in total. The van der Waals surface area contributed by atoms with Crippen molar-refractivity contribution in [2.75, 3.05) is 50.8 Å². The molecule has 1 aromatic carbocycles. The second-order valence-corrected chi connectivity index (χ2v) is 9.23. The van der Waals surface area contributed by atoms with Crippen molar-refractivity contribution >= 4 is 38.5 Å². The third-order valence-corrected chi connectivity index (χ3v) is 7.22. The molecule has 0 aliphatic carbocycles. The predicted molar refractivity (Wildman–Crippen MR) is 112 cm³/mol. The minimum Gasteiger partial charge on any atom is -0.368 e. The molecular formula is C21H26N4O3S. The van der Waals surface area contributed by atoms with Gasteiger partial charge in [-0.1, -0.05) is 17.4 Å². The summed E-state index contributed by atoms with van der Waals surface area (Å²) in [4.78, 5) is 36.0. The van der Waals surface area contributed by atoms with Crippen molar-refractivity contribution in [3.05, 3.63) is 23.8 Å². The van der Waals surface area contributed by atoms with Crippen molar-refractivity contribution < 1.29 is 14.3 Å². The van der Waals surface area contributed by atoms with E-state index in [0.717, 1.165) is 36.6 Å². The van der Waals surface area contributed by atoms with Crippen molar-refractivity contribution in [2.45, 2.75) is 25.9 Å². The van der Waals surface area contributed by atoms with E-state index in [-0.39, 0.29) is 23.8 Å². The number of anilines is 1. The van der Waals surface area contributed by atoms with Crippen LogP contribution in [0.1, 0.15) is 18.4 Å². The first-order valence-corrected chi connectivity index (χ1v) is 11.2. The van der Waals surface area contributed by atoms with Crippen LogP contribution in [0.5, 0.6) is 0 Å². The molecule has 29 heavy (non-hydrogen) atoms. The summed E-state index contributed by atoms with van der Waals surface area (Å²) in [6, 6.07) is 6.30. The van der Waals surface area contributed by atoms with E-state index in [9.17, 15) is 9.59 Å². The Morgan fingerprint density at radius 2 is 1.83 bits per heavy atom. The second-order valence-electron chi connectivity index (χ2n) is 8.22. The molecular weight excluding hydrogens is 388 g/mol. The molecule has 3 aliphatic heterocycles. The van der Waals surface area contributed by atoms with Gasteiger partial charge in [-0.3, -0.25) is 9.59 Å². The van der Waals surface area contributed by atoms with Crippen LogP contribution in [0.3, 0.4) is 0 Å². The molecule has 0 saturated carbocycles. The molecule has 0 radical (unpaired) electrons. The van der Waals surface area contributed by atoms with E-state index in [4.69, 9.17) is 9.72 Å². The number of rotatable bonds is 3. The average molecular weight is 415 g/mol. The largest absolute Gasteiger partial charge is 0.368 e. The maximum atomic E-state index is 12.9. The van der Waals surface area contributed by atoms with Crippen LogP contribution >= 0.6 is 11.3 Å². The van der Waals surface area contributed by atoms with Crippen molar-refractivity contribution in [3.8, 4) is 0 Å². The topological polar surface area (TPSA) is 66.0 Å². The number of benzene rings is 1. The highest BCUT2D eigenvalue weighted by atomic mass is 32.1. The normalized spacial score (nSPS) is 22.9. The molecule has 2 amide bonds. The van der Waals surface area contributed by atoms with E-state index in [1.54, 1.807) is 11.3 Å². The Morgan fingerprint density at radius 3 is 2.52 bits per heavy atom. The van der Waals surface area contributed by atoms with E-state index in [2.05, 4.69) is 30.0 Å². The fourth-order valence-corrected chi connectivity index (χ4v) is 5.41. The molecule has 2 aromatic rings. The van der Waals surface area contributed by atoms with Gasteiger partial charge in [-0.05, 0) is 37.5 Å². The molecule has 8 heteroatoms. The van der Waals surface area contributed by atoms with E-state index >= 15 is 0 Å². The summed E-state index contributed by atoms with van der Waals surface area (Å²) in [5.74, 6) is 0.335. The van der Waals surface area contributed by atoms with Gasteiger partial charge >= 0.3 is 0 Å². The van der Waals surface area contributed by atoms with Gasteiger partial charge in [0.15, 0.2) is 5.13 Å². The minimum absolute atomic E-state index is 0.0316. The van der Waals surface area contributed by atoms with Gasteiger partial charge in [0, 0.05) is 45.9 Å².